The monoisotopic (exact) mass is 258 g/mol. The fourth-order valence-corrected chi connectivity index (χ4v) is 1.77. The Balaban J connectivity index is 2.17. The van der Waals surface area contributed by atoms with Crippen molar-refractivity contribution in [3.63, 3.8) is 0 Å². The second kappa shape index (κ2) is 7.20. The Bertz CT molecular complexity index is 292. The van der Waals surface area contributed by atoms with Gasteiger partial charge in [-0.3, -0.25) is 4.79 Å². The van der Waals surface area contributed by atoms with E-state index in [0.29, 0.717) is 25.9 Å². The van der Waals surface area contributed by atoms with Gasteiger partial charge >= 0.3 is 12.0 Å². The predicted octanol–water partition coefficient (Wildman–Crippen LogP) is 0.654. The average Bonchev–Trinajstić information content (AvgIpc) is 3.14. The van der Waals surface area contributed by atoms with E-state index in [1.54, 1.807) is 11.8 Å². The maximum atomic E-state index is 11.8. The molecule has 0 aromatic heterocycles. The van der Waals surface area contributed by atoms with E-state index in [1.165, 1.54) is 0 Å². The van der Waals surface area contributed by atoms with E-state index in [1.807, 2.05) is 0 Å². The molecule has 0 spiro atoms. The van der Waals surface area contributed by atoms with Gasteiger partial charge in [-0.05, 0) is 25.7 Å². The molecule has 1 rings (SSSR count). The molecule has 0 saturated heterocycles. The molecule has 1 unspecified atom stereocenters. The Kier molecular flexibility index (Phi) is 5.91. The molecular weight excluding hydrogens is 236 g/mol. The van der Waals surface area contributed by atoms with Crippen LogP contribution < -0.4 is 5.32 Å². The number of aliphatic carboxylic acids is 1. The summed E-state index contributed by atoms with van der Waals surface area (Å²) in [6.45, 7) is 2.47. The van der Waals surface area contributed by atoms with E-state index in [0.717, 1.165) is 12.8 Å². The first-order valence-corrected chi connectivity index (χ1v) is 6.44. The molecule has 0 aliphatic heterocycles. The van der Waals surface area contributed by atoms with Crippen molar-refractivity contribution in [2.45, 2.75) is 38.6 Å². The van der Waals surface area contributed by atoms with E-state index in [9.17, 15) is 9.59 Å². The third-order valence-electron chi connectivity index (χ3n) is 3.10. The average molecular weight is 258 g/mol. The zero-order valence-corrected chi connectivity index (χ0v) is 10.8. The molecule has 0 radical (unpaired) electrons. The lowest BCUT2D eigenvalue weighted by atomic mass is 10.1. The van der Waals surface area contributed by atoms with Gasteiger partial charge in [0.25, 0.3) is 0 Å². The van der Waals surface area contributed by atoms with Crippen LogP contribution >= 0.6 is 0 Å². The van der Waals surface area contributed by atoms with E-state index >= 15 is 0 Å². The number of nitrogens with one attached hydrogen (secondary N) is 1. The molecule has 1 saturated carbocycles. The van der Waals surface area contributed by atoms with Gasteiger partial charge in [-0.1, -0.05) is 6.92 Å². The maximum absolute atomic E-state index is 11.8. The minimum atomic E-state index is -0.804. The number of carboxylic acid groups (broad SMARTS) is 1. The maximum Gasteiger partial charge on any atom is 0.317 e. The Labute approximate surface area is 107 Å². The number of aliphatic hydroxyl groups excluding tert-OH is 1. The van der Waals surface area contributed by atoms with Gasteiger partial charge in [-0.2, -0.15) is 0 Å². The summed E-state index contributed by atoms with van der Waals surface area (Å²) in [6.07, 6.45) is 3.21. The topological polar surface area (TPSA) is 89.9 Å². The molecule has 2 amide bonds. The third kappa shape index (κ3) is 4.91. The van der Waals surface area contributed by atoms with Gasteiger partial charge in [-0.25, -0.2) is 4.79 Å². The van der Waals surface area contributed by atoms with Crippen LogP contribution in [0.2, 0.25) is 0 Å². The lowest BCUT2D eigenvalue weighted by Gasteiger charge is -2.21. The van der Waals surface area contributed by atoms with E-state index in [-0.39, 0.29) is 24.6 Å². The molecule has 0 bridgehead atoms. The van der Waals surface area contributed by atoms with Gasteiger partial charge in [0.1, 0.15) is 0 Å². The van der Waals surface area contributed by atoms with Crippen LogP contribution in [0, 0.1) is 5.92 Å². The Morgan fingerprint density at radius 2 is 2.11 bits per heavy atom. The highest BCUT2D eigenvalue weighted by Crippen LogP contribution is 2.26. The molecule has 0 aromatic carbocycles. The summed E-state index contributed by atoms with van der Waals surface area (Å²) in [5, 5.41) is 20.4. The fourth-order valence-electron chi connectivity index (χ4n) is 1.77. The largest absolute Gasteiger partial charge is 0.481 e. The van der Waals surface area contributed by atoms with Crippen molar-refractivity contribution in [2.24, 2.45) is 5.92 Å². The quantitative estimate of drug-likeness (QED) is 0.558. The first kappa shape index (κ1) is 14.8. The minimum absolute atomic E-state index is 0.0278. The molecule has 1 aliphatic carbocycles. The normalized spacial score (nSPS) is 16.1. The van der Waals surface area contributed by atoms with Crippen LogP contribution in [-0.2, 0) is 4.79 Å². The Hall–Kier alpha value is -1.30. The van der Waals surface area contributed by atoms with Crippen LogP contribution in [0.5, 0.6) is 0 Å². The number of carbonyl (C=O) groups excluding carboxylic acids is 1. The molecular formula is C12H22N2O4. The molecule has 0 heterocycles. The number of carbonyl (C=O) groups is 2. The number of rotatable bonds is 8. The van der Waals surface area contributed by atoms with Crippen LogP contribution in [0.3, 0.4) is 0 Å². The standard InChI is InChI=1S/C12H22N2O4/c1-9(11(16)17)3-2-6-13-12(18)14(7-8-15)10-4-5-10/h9-10,15H,2-8H2,1H3,(H,13,18)(H,16,17). The van der Waals surface area contributed by atoms with Gasteiger partial charge in [-0.15, -0.1) is 0 Å². The predicted molar refractivity (Wildman–Crippen MR) is 66.2 cm³/mol. The highest BCUT2D eigenvalue weighted by Gasteiger charge is 2.31. The molecule has 18 heavy (non-hydrogen) atoms. The van der Waals surface area contributed by atoms with Crippen molar-refractivity contribution in [2.75, 3.05) is 19.7 Å². The van der Waals surface area contributed by atoms with Crippen LogP contribution in [-0.4, -0.2) is 52.9 Å². The zero-order chi connectivity index (χ0) is 13.5. The number of carboxylic acids is 1. The van der Waals surface area contributed by atoms with Crippen molar-refractivity contribution in [1.29, 1.82) is 0 Å². The molecule has 104 valence electrons. The van der Waals surface area contributed by atoms with Crippen molar-refractivity contribution in [3.05, 3.63) is 0 Å². The number of urea groups is 1. The number of nitrogens with zero attached hydrogens (tertiary/aromatic N) is 1. The van der Waals surface area contributed by atoms with Gasteiger partial charge in [0.2, 0.25) is 0 Å². The fraction of sp³-hybridized carbons (Fsp3) is 0.833. The summed E-state index contributed by atoms with van der Waals surface area (Å²) in [6, 6.07) is 0.115. The highest BCUT2D eigenvalue weighted by atomic mass is 16.4. The van der Waals surface area contributed by atoms with Gasteiger partial charge in [0.15, 0.2) is 0 Å². The summed E-state index contributed by atoms with van der Waals surface area (Å²) in [4.78, 5) is 24.0. The van der Waals surface area contributed by atoms with Crippen molar-refractivity contribution in [3.8, 4) is 0 Å². The summed E-state index contributed by atoms with van der Waals surface area (Å²) >= 11 is 0. The van der Waals surface area contributed by atoms with Crippen LogP contribution in [0.15, 0.2) is 0 Å². The summed E-state index contributed by atoms with van der Waals surface area (Å²) in [5.41, 5.74) is 0. The van der Waals surface area contributed by atoms with Crippen molar-refractivity contribution < 1.29 is 19.8 Å². The molecule has 1 atom stereocenters. The van der Waals surface area contributed by atoms with Crippen LogP contribution in [0.25, 0.3) is 0 Å². The second-order valence-corrected chi connectivity index (χ2v) is 4.76. The van der Waals surface area contributed by atoms with Crippen LogP contribution in [0.4, 0.5) is 4.79 Å². The van der Waals surface area contributed by atoms with E-state index in [2.05, 4.69) is 5.32 Å². The van der Waals surface area contributed by atoms with Gasteiger partial charge in [0.05, 0.1) is 12.5 Å². The smallest absolute Gasteiger partial charge is 0.317 e. The summed E-state index contributed by atoms with van der Waals surface area (Å²) in [5.74, 6) is -1.18. The number of hydrogen-bond donors (Lipinski definition) is 3. The molecule has 1 fully saturated rings. The summed E-state index contributed by atoms with van der Waals surface area (Å²) in [7, 11) is 0. The first-order chi connectivity index (χ1) is 8.56. The summed E-state index contributed by atoms with van der Waals surface area (Å²) < 4.78 is 0. The highest BCUT2D eigenvalue weighted by molar-refractivity contribution is 5.74. The molecule has 6 heteroatoms. The van der Waals surface area contributed by atoms with Crippen LogP contribution in [0.1, 0.15) is 32.6 Å². The van der Waals surface area contributed by atoms with Gasteiger partial charge < -0.3 is 20.4 Å². The Morgan fingerprint density at radius 3 is 2.61 bits per heavy atom. The van der Waals surface area contributed by atoms with E-state index in [4.69, 9.17) is 10.2 Å². The molecule has 3 N–H and O–H groups in total. The van der Waals surface area contributed by atoms with Crippen molar-refractivity contribution in [1.82, 2.24) is 10.2 Å². The molecule has 6 nitrogen and oxygen atoms in total. The Morgan fingerprint density at radius 1 is 1.44 bits per heavy atom. The van der Waals surface area contributed by atoms with E-state index < -0.39 is 5.97 Å². The molecule has 0 aromatic rings. The third-order valence-corrected chi connectivity index (χ3v) is 3.10. The second-order valence-electron chi connectivity index (χ2n) is 4.76. The minimum Gasteiger partial charge on any atom is -0.481 e. The number of amides is 2. The molecule has 1 aliphatic rings. The number of aliphatic hydroxyl groups is 1. The van der Waals surface area contributed by atoms with Gasteiger partial charge in [0, 0.05) is 19.1 Å². The zero-order valence-electron chi connectivity index (χ0n) is 10.8. The first-order valence-electron chi connectivity index (χ1n) is 6.44. The SMILES string of the molecule is CC(CCCNC(=O)N(CCO)C1CC1)C(=O)O. The number of hydrogen-bond acceptors (Lipinski definition) is 3. The lowest BCUT2D eigenvalue weighted by Crippen LogP contribution is -2.43. The van der Waals surface area contributed by atoms with Crippen molar-refractivity contribution >= 4 is 12.0 Å². The lowest BCUT2D eigenvalue weighted by molar-refractivity contribution is -0.141.